The van der Waals surface area contributed by atoms with Crippen LogP contribution in [0.25, 0.3) is 0 Å². The van der Waals surface area contributed by atoms with Crippen LogP contribution in [0.4, 0.5) is 13.2 Å². The summed E-state index contributed by atoms with van der Waals surface area (Å²) in [6, 6.07) is -0.108. The molecule has 0 bridgehead atoms. The van der Waals surface area contributed by atoms with Crippen LogP contribution in [0, 0.1) is 0 Å². The van der Waals surface area contributed by atoms with Gasteiger partial charge in [-0.25, -0.2) is 0 Å². The van der Waals surface area contributed by atoms with Gasteiger partial charge in [-0.15, -0.1) is 0 Å². The summed E-state index contributed by atoms with van der Waals surface area (Å²) in [6.07, 6.45) is -3.44. The average Bonchev–Trinajstić information content (AvgIpc) is 2.49. The molecule has 78 valence electrons. The van der Waals surface area contributed by atoms with E-state index < -0.39 is 23.2 Å². The molecular formula is C7H6ClF3N2O. The number of hydrogen-bond donors (Lipinski definition) is 0. The Kier molecular flexibility index (Phi) is 2.84. The quantitative estimate of drug-likeness (QED) is 0.725. The normalized spacial score (nSPS) is 14.1. The summed E-state index contributed by atoms with van der Waals surface area (Å²) >= 11 is 5.11. The summed E-state index contributed by atoms with van der Waals surface area (Å²) in [5, 5.41) is 2.43. The molecule has 0 aliphatic rings. The minimum Gasteiger partial charge on any atom is -0.279 e. The summed E-state index contributed by atoms with van der Waals surface area (Å²) in [6.45, 7) is 1.36. The molecule has 1 atom stereocenters. The number of aromatic nitrogens is 2. The number of carbonyl (C=O) groups is 1. The molecule has 0 fully saturated rings. The zero-order valence-electron chi connectivity index (χ0n) is 7.05. The summed E-state index contributed by atoms with van der Waals surface area (Å²) in [7, 11) is 0. The molecule has 7 heteroatoms. The lowest BCUT2D eigenvalue weighted by Gasteiger charge is -2.06. The van der Waals surface area contributed by atoms with Crippen LogP contribution in [0.15, 0.2) is 12.3 Å². The standard InChI is InChI=1S/C7H6ClF3N2O/c1-4(6(8)14)13-3-2-5(12-13)7(9,10)11/h2-4H,1H3/t4-/m1/s1. The molecule has 1 heterocycles. The Morgan fingerprint density at radius 3 is 2.57 bits per heavy atom. The van der Waals surface area contributed by atoms with Crippen molar-refractivity contribution in [3.8, 4) is 0 Å². The molecule has 0 aromatic carbocycles. The first-order valence-corrected chi connectivity index (χ1v) is 4.02. The molecule has 0 aliphatic heterocycles. The van der Waals surface area contributed by atoms with Gasteiger partial charge in [0.1, 0.15) is 6.04 Å². The van der Waals surface area contributed by atoms with Gasteiger partial charge in [0.05, 0.1) is 0 Å². The van der Waals surface area contributed by atoms with Crippen molar-refractivity contribution in [2.24, 2.45) is 0 Å². The zero-order chi connectivity index (χ0) is 10.9. The van der Waals surface area contributed by atoms with Crippen LogP contribution in [-0.2, 0) is 11.0 Å². The fourth-order valence-corrected chi connectivity index (χ4v) is 0.909. The van der Waals surface area contributed by atoms with Crippen molar-refractivity contribution in [3.05, 3.63) is 18.0 Å². The van der Waals surface area contributed by atoms with Crippen molar-refractivity contribution in [2.75, 3.05) is 0 Å². The van der Waals surface area contributed by atoms with Crippen molar-refractivity contribution in [1.82, 2.24) is 9.78 Å². The first-order valence-electron chi connectivity index (χ1n) is 3.64. The van der Waals surface area contributed by atoms with E-state index in [1.807, 2.05) is 0 Å². The minimum absolute atomic E-state index is 0.762. The van der Waals surface area contributed by atoms with Gasteiger partial charge >= 0.3 is 6.18 Å². The largest absolute Gasteiger partial charge is 0.435 e. The molecule has 0 radical (unpaired) electrons. The first kappa shape index (κ1) is 11.0. The van der Waals surface area contributed by atoms with Gasteiger partial charge in [0, 0.05) is 6.20 Å². The van der Waals surface area contributed by atoms with Gasteiger partial charge in [-0.2, -0.15) is 18.3 Å². The molecule has 1 aromatic heterocycles. The third-order valence-electron chi connectivity index (χ3n) is 1.62. The van der Waals surface area contributed by atoms with Crippen LogP contribution in [0.2, 0.25) is 0 Å². The minimum atomic E-state index is -4.50. The highest BCUT2D eigenvalue weighted by Gasteiger charge is 2.34. The molecule has 14 heavy (non-hydrogen) atoms. The molecule has 1 aromatic rings. The second-order valence-corrected chi connectivity index (χ2v) is 3.03. The van der Waals surface area contributed by atoms with Crippen LogP contribution in [0.5, 0.6) is 0 Å². The van der Waals surface area contributed by atoms with Crippen molar-refractivity contribution < 1.29 is 18.0 Å². The third kappa shape index (κ3) is 2.25. The predicted octanol–water partition coefficient (Wildman–Crippen LogP) is 2.23. The number of rotatable bonds is 2. The molecule has 1 rings (SSSR count). The van der Waals surface area contributed by atoms with E-state index in [0.717, 1.165) is 16.9 Å². The molecule has 0 amide bonds. The predicted molar refractivity (Wildman–Crippen MR) is 42.8 cm³/mol. The lowest BCUT2D eigenvalue weighted by atomic mass is 10.4. The number of halogens is 4. The highest BCUT2D eigenvalue weighted by Crippen LogP contribution is 2.27. The first-order chi connectivity index (χ1) is 6.32. The Balaban J connectivity index is 2.94. The fraction of sp³-hybridized carbons (Fsp3) is 0.429. The van der Waals surface area contributed by atoms with Gasteiger partial charge in [-0.3, -0.25) is 9.48 Å². The highest BCUT2D eigenvalue weighted by atomic mass is 35.5. The monoisotopic (exact) mass is 226 g/mol. The van der Waals surface area contributed by atoms with Gasteiger partial charge < -0.3 is 0 Å². The molecular weight excluding hydrogens is 221 g/mol. The number of alkyl halides is 3. The van der Waals surface area contributed by atoms with Gasteiger partial charge in [0.15, 0.2) is 5.69 Å². The Morgan fingerprint density at radius 1 is 1.64 bits per heavy atom. The Hall–Kier alpha value is -1.04. The van der Waals surface area contributed by atoms with Gasteiger partial charge in [0.2, 0.25) is 5.24 Å². The Bertz CT molecular complexity index is 347. The average molecular weight is 227 g/mol. The number of hydrogen-bond acceptors (Lipinski definition) is 2. The van der Waals surface area contributed by atoms with E-state index in [-0.39, 0.29) is 0 Å². The van der Waals surface area contributed by atoms with Crippen molar-refractivity contribution in [3.63, 3.8) is 0 Å². The second kappa shape index (κ2) is 3.61. The smallest absolute Gasteiger partial charge is 0.279 e. The lowest BCUT2D eigenvalue weighted by molar-refractivity contribution is -0.141. The number of carbonyl (C=O) groups excluding carboxylic acids is 1. The molecule has 0 saturated carbocycles. The Morgan fingerprint density at radius 2 is 2.21 bits per heavy atom. The van der Waals surface area contributed by atoms with Crippen LogP contribution in [0.3, 0.4) is 0 Å². The second-order valence-electron chi connectivity index (χ2n) is 2.66. The summed E-state index contributed by atoms with van der Waals surface area (Å²) < 4.78 is 37.1. The van der Waals surface area contributed by atoms with Crippen LogP contribution < -0.4 is 0 Å². The third-order valence-corrected chi connectivity index (χ3v) is 1.94. The van der Waals surface area contributed by atoms with E-state index in [1.54, 1.807) is 0 Å². The number of nitrogens with zero attached hydrogens (tertiary/aromatic N) is 2. The SMILES string of the molecule is C[C@H](C(=O)Cl)n1ccc(C(F)(F)F)n1. The molecule has 0 spiro atoms. The van der Waals surface area contributed by atoms with Crippen LogP contribution in [-0.4, -0.2) is 15.0 Å². The summed E-state index contributed by atoms with van der Waals surface area (Å²) in [4.78, 5) is 10.6. The highest BCUT2D eigenvalue weighted by molar-refractivity contribution is 6.64. The maximum absolute atomic E-state index is 12.1. The van der Waals surface area contributed by atoms with Gasteiger partial charge in [0.25, 0.3) is 0 Å². The van der Waals surface area contributed by atoms with Gasteiger partial charge in [-0.05, 0) is 24.6 Å². The summed E-state index contributed by atoms with van der Waals surface area (Å²) in [5.41, 5.74) is -1.04. The maximum Gasteiger partial charge on any atom is 0.435 e. The fourth-order valence-electron chi connectivity index (χ4n) is 0.809. The van der Waals surface area contributed by atoms with E-state index in [4.69, 9.17) is 11.6 Å². The zero-order valence-corrected chi connectivity index (χ0v) is 7.80. The van der Waals surface area contributed by atoms with Crippen molar-refractivity contribution in [1.29, 1.82) is 0 Å². The molecule has 0 saturated heterocycles. The lowest BCUT2D eigenvalue weighted by Crippen LogP contribution is -2.14. The van der Waals surface area contributed by atoms with E-state index in [1.165, 1.54) is 6.92 Å². The van der Waals surface area contributed by atoms with Crippen LogP contribution in [0.1, 0.15) is 18.7 Å². The maximum atomic E-state index is 12.1. The van der Waals surface area contributed by atoms with E-state index >= 15 is 0 Å². The van der Waals surface area contributed by atoms with E-state index in [9.17, 15) is 18.0 Å². The van der Waals surface area contributed by atoms with Gasteiger partial charge in [-0.1, -0.05) is 0 Å². The van der Waals surface area contributed by atoms with Crippen molar-refractivity contribution in [2.45, 2.75) is 19.1 Å². The van der Waals surface area contributed by atoms with E-state index in [0.29, 0.717) is 0 Å². The Labute approximate surface area is 82.5 Å². The topological polar surface area (TPSA) is 34.9 Å². The molecule has 0 unspecified atom stereocenters. The van der Waals surface area contributed by atoms with Crippen LogP contribution >= 0.6 is 11.6 Å². The van der Waals surface area contributed by atoms with Crippen molar-refractivity contribution >= 4 is 16.8 Å². The molecule has 0 aliphatic carbocycles. The summed E-state index contributed by atoms with van der Waals surface area (Å²) in [5.74, 6) is 0. The van der Waals surface area contributed by atoms with E-state index in [2.05, 4.69) is 5.10 Å². The molecule has 3 nitrogen and oxygen atoms in total. The molecule has 0 N–H and O–H groups in total.